The summed E-state index contributed by atoms with van der Waals surface area (Å²) >= 11 is 0. The van der Waals surface area contributed by atoms with E-state index in [4.69, 9.17) is 10.2 Å². The second-order valence-corrected chi connectivity index (χ2v) is 4.85. The quantitative estimate of drug-likeness (QED) is 0.858. The topological polar surface area (TPSA) is 77.8 Å². The van der Waals surface area contributed by atoms with Crippen LogP contribution >= 0.6 is 0 Å². The molecule has 0 saturated heterocycles. The maximum absolute atomic E-state index is 11.3. The fraction of sp³-hybridized carbons (Fsp3) is 0.467. The van der Waals surface area contributed by atoms with E-state index in [2.05, 4.69) is 9.73 Å². The number of rotatable bonds is 4. The lowest BCUT2D eigenvalue weighted by molar-refractivity contribution is 0.0564. The van der Waals surface area contributed by atoms with E-state index >= 15 is 0 Å². The molecule has 1 atom stereocenters. The third-order valence-electron chi connectivity index (χ3n) is 3.27. The second kappa shape index (κ2) is 6.93. The van der Waals surface area contributed by atoms with E-state index in [0.717, 1.165) is 37.9 Å². The highest BCUT2D eigenvalue weighted by Crippen LogP contribution is 2.17. The Balaban J connectivity index is 1.91. The summed E-state index contributed by atoms with van der Waals surface area (Å²) < 4.78 is 9.94. The molecule has 0 aliphatic carbocycles. The number of amidine groups is 1. The highest BCUT2D eigenvalue weighted by atomic mass is 16.5. The standard InChI is InChI=1S/C15H20N2O3/c1-19-15(18)13-10-9-12(20-13)7-4-6-11-5-2-3-8-14(16)17-11/h4,7,9-11H,2-3,5-6,8H2,1H3,(H2,16,17). The zero-order chi connectivity index (χ0) is 14.4. The fourth-order valence-electron chi connectivity index (χ4n) is 2.21. The molecule has 0 aromatic carbocycles. The average Bonchev–Trinajstić information content (AvgIpc) is 2.81. The molecular weight excluding hydrogens is 256 g/mol. The van der Waals surface area contributed by atoms with Gasteiger partial charge < -0.3 is 14.9 Å². The number of carbonyl (C=O) groups excluding carboxylic acids is 1. The predicted molar refractivity (Wildman–Crippen MR) is 77.6 cm³/mol. The fourth-order valence-corrected chi connectivity index (χ4v) is 2.21. The van der Waals surface area contributed by atoms with Crippen LogP contribution in [-0.2, 0) is 4.74 Å². The molecule has 2 heterocycles. The van der Waals surface area contributed by atoms with Gasteiger partial charge in [0, 0.05) is 6.42 Å². The Morgan fingerprint density at radius 3 is 3.20 bits per heavy atom. The van der Waals surface area contributed by atoms with Crippen LogP contribution in [0.25, 0.3) is 6.08 Å². The van der Waals surface area contributed by atoms with Crippen LogP contribution in [0.5, 0.6) is 0 Å². The van der Waals surface area contributed by atoms with Gasteiger partial charge in [-0.05, 0) is 37.5 Å². The molecule has 0 fully saturated rings. The molecule has 1 unspecified atom stereocenters. The van der Waals surface area contributed by atoms with Crippen molar-refractivity contribution < 1.29 is 13.9 Å². The minimum atomic E-state index is -0.467. The van der Waals surface area contributed by atoms with Gasteiger partial charge in [0.1, 0.15) is 5.76 Å². The highest BCUT2D eigenvalue weighted by molar-refractivity contribution is 5.86. The monoisotopic (exact) mass is 276 g/mol. The SMILES string of the molecule is COC(=O)c1ccc(C=CCC2CCCCC(N)=N2)o1. The smallest absolute Gasteiger partial charge is 0.373 e. The van der Waals surface area contributed by atoms with Crippen molar-refractivity contribution in [2.45, 2.75) is 38.1 Å². The van der Waals surface area contributed by atoms with Gasteiger partial charge in [0.2, 0.25) is 5.76 Å². The Morgan fingerprint density at radius 2 is 2.40 bits per heavy atom. The Kier molecular flexibility index (Phi) is 4.98. The first-order valence-electron chi connectivity index (χ1n) is 6.86. The normalized spacial score (nSPS) is 19.6. The van der Waals surface area contributed by atoms with Crippen molar-refractivity contribution in [2.75, 3.05) is 7.11 Å². The molecule has 20 heavy (non-hydrogen) atoms. The van der Waals surface area contributed by atoms with Gasteiger partial charge in [-0.15, -0.1) is 0 Å². The molecule has 5 nitrogen and oxygen atoms in total. The lowest BCUT2D eigenvalue weighted by atomic mass is 10.1. The van der Waals surface area contributed by atoms with Gasteiger partial charge in [-0.25, -0.2) is 4.79 Å². The van der Waals surface area contributed by atoms with E-state index in [1.807, 2.05) is 12.2 Å². The molecule has 0 saturated carbocycles. The van der Waals surface area contributed by atoms with E-state index < -0.39 is 5.97 Å². The molecule has 0 radical (unpaired) electrons. The molecule has 1 aromatic heterocycles. The third-order valence-corrected chi connectivity index (χ3v) is 3.27. The van der Waals surface area contributed by atoms with Gasteiger partial charge in [0.25, 0.3) is 0 Å². The first kappa shape index (κ1) is 14.4. The Labute approximate surface area is 118 Å². The van der Waals surface area contributed by atoms with E-state index in [1.54, 1.807) is 12.1 Å². The van der Waals surface area contributed by atoms with Crippen molar-refractivity contribution in [3.05, 3.63) is 29.7 Å². The third kappa shape index (κ3) is 3.98. The maximum Gasteiger partial charge on any atom is 0.373 e. The Morgan fingerprint density at radius 1 is 1.55 bits per heavy atom. The van der Waals surface area contributed by atoms with E-state index in [0.29, 0.717) is 5.76 Å². The van der Waals surface area contributed by atoms with Gasteiger partial charge in [-0.2, -0.15) is 0 Å². The largest absolute Gasteiger partial charge is 0.463 e. The summed E-state index contributed by atoms with van der Waals surface area (Å²) in [5, 5.41) is 0. The molecule has 1 aliphatic rings. The first-order chi connectivity index (χ1) is 9.69. The summed E-state index contributed by atoms with van der Waals surface area (Å²) in [5.74, 6) is 1.14. The van der Waals surface area contributed by atoms with Crippen LogP contribution in [-0.4, -0.2) is 25.0 Å². The molecule has 2 rings (SSSR count). The average molecular weight is 276 g/mol. The number of nitrogens with zero attached hydrogens (tertiary/aromatic N) is 1. The Hall–Kier alpha value is -2.04. The van der Waals surface area contributed by atoms with Gasteiger partial charge in [-0.3, -0.25) is 4.99 Å². The minimum Gasteiger partial charge on any atom is -0.463 e. The number of ether oxygens (including phenoxy) is 1. The van der Waals surface area contributed by atoms with Crippen LogP contribution in [0.1, 0.15) is 48.4 Å². The van der Waals surface area contributed by atoms with Crippen molar-refractivity contribution >= 4 is 17.9 Å². The maximum atomic E-state index is 11.3. The number of furan rings is 1. The molecule has 1 aromatic rings. The minimum absolute atomic E-state index is 0.212. The van der Waals surface area contributed by atoms with E-state index in [9.17, 15) is 4.79 Å². The van der Waals surface area contributed by atoms with Crippen molar-refractivity contribution in [1.29, 1.82) is 0 Å². The molecule has 1 aliphatic heterocycles. The van der Waals surface area contributed by atoms with Crippen LogP contribution < -0.4 is 5.73 Å². The Bertz CT molecular complexity index is 517. The van der Waals surface area contributed by atoms with Crippen LogP contribution in [0.3, 0.4) is 0 Å². The van der Waals surface area contributed by atoms with Gasteiger partial charge in [-0.1, -0.05) is 12.5 Å². The zero-order valence-corrected chi connectivity index (χ0v) is 11.7. The number of hydrogen-bond donors (Lipinski definition) is 1. The molecule has 0 amide bonds. The summed E-state index contributed by atoms with van der Waals surface area (Å²) in [7, 11) is 1.33. The molecule has 0 spiro atoms. The number of aliphatic imine (C=N–C) groups is 1. The highest BCUT2D eigenvalue weighted by Gasteiger charge is 2.11. The number of nitrogens with two attached hydrogens (primary N) is 1. The summed E-state index contributed by atoms with van der Waals surface area (Å²) in [6.07, 6.45) is 8.94. The molecule has 0 bridgehead atoms. The van der Waals surface area contributed by atoms with Crippen LogP contribution in [0.2, 0.25) is 0 Å². The van der Waals surface area contributed by atoms with Crippen molar-refractivity contribution in [1.82, 2.24) is 0 Å². The van der Waals surface area contributed by atoms with Gasteiger partial charge in [0.05, 0.1) is 19.0 Å². The van der Waals surface area contributed by atoms with Crippen LogP contribution in [0.4, 0.5) is 0 Å². The van der Waals surface area contributed by atoms with Crippen molar-refractivity contribution in [3.63, 3.8) is 0 Å². The van der Waals surface area contributed by atoms with Gasteiger partial charge >= 0.3 is 5.97 Å². The number of carbonyl (C=O) groups is 1. The molecule has 2 N–H and O–H groups in total. The summed E-state index contributed by atoms with van der Waals surface area (Å²) in [4.78, 5) is 15.7. The first-order valence-corrected chi connectivity index (χ1v) is 6.86. The number of esters is 1. The van der Waals surface area contributed by atoms with E-state index in [1.165, 1.54) is 7.11 Å². The predicted octanol–water partition coefficient (Wildman–Crippen LogP) is 2.77. The number of hydrogen-bond acceptors (Lipinski definition) is 5. The summed E-state index contributed by atoms with van der Waals surface area (Å²) in [5.41, 5.74) is 5.82. The summed E-state index contributed by atoms with van der Waals surface area (Å²) in [6.45, 7) is 0. The molecule has 108 valence electrons. The molecular formula is C15H20N2O3. The van der Waals surface area contributed by atoms with E-state index in [-0.39, 0.29) is 11.8 Å². The molecule has 5 heteroatoms. The van der Waals surface area contributed by atoms with Crippen molar-refractivity contribution in [3.8, 4) is 0 Å². The van der Waals surface area contributed by atoms with Gasteiger partial charge in [0.15, 0.2) is 0 Å². The lowest BCUT2D eigenvalue weighted by Crippen LogP contribution is -2.13. The number of methoxy groups -OCH3 is 1. The zero-order valence-electron chi connectivity index (χ0n) is 11.7. The summed E-state index contributed by atoms with van der Waals surface area (Å²) in [6, 6.07) is 3.60. The van der Waals surface area contributed by atoms with Crippen LogP contribution in [0, 0.1) is 0 Å². The second-order valence-electron chi connectivity index (χ2n) is 4.85. The lowest BCUT2D eigenvalue weighted by Gasteiger charge is -2.06. The van der Waals surface area contributed by atoms with Crippen molar-refractivity contribution in [2.24, 2.45) is 10.7 Å². The van der Waals surface area contributed by atoms with Crippen LogP contribution in [0.15, 0.2) is 27.6 Å².